The van der Waals surface area contributed by atoms with Crippen molar-refractivity contribution in [1.29, 1.82) is 0 Å². The van der Waals surface area contributed by atoms with Crippen LogP contribution < -0.4 is 0 Å². The zero-order chi connectivity index (χ0) is 14.2. The van der Waals surface area contributed by atoms with Crippen LogP contribution in [-0.4, -0.2) is 37.7 Å². The Labute approximate surface area is 121 Å². The van der Waals surface area contributed by atoms with Gasteiger partial charge in [-0.3, -0.25) is 4.90 Å². The molecule has 0 saturated carbocycles. The molecule has 1 aliphatic heterocycles. The topological polar surface area (TPSA) is 12.5 Å². The lowest BCUT2D eigenvalue weighted by molar-refractivity contribution is 0.0371. The van der Waals surface area contributed by atoms with Crippen molar-refractivity contribution in [2.45, 2.75) is 65.2 Å². The van der Waals surface area contributed by atoms with Crippen molar-refractivity contribution in [1.82, 2.24) is 4.90 Å². The first-order valence-electron chi connectivity index (χ1n) is 8.22. The maximum absolute atomic E-state index is 5.34. The molecule has 0 amide bonds. The van der Waals surface area contributed by atoms with Crippen LogP contribution in [0.4, 0.5) is 0 Å². The van der Waals surface area contributed by atoms with Crippen LogP contribution in [0.15, 0.2) is 12.7 Å². The van der Waals surface area contributed by atoms with Crippen molar-refractivity contribution in [3.63, 3.8) is 0 Å². The zero-order valence-electron chi connectivity index (χ0n) is 13.3. The summed E-state index contributed by atoms with van der Waals surface area (Å²) in [7, 11) is 0. The smallest absolute Gasteiger partial charge is 0.0594 e. The largest absolute Gasteiger partial charge is 0.379 e. The van der Waals surface area contributed by atoms with E-state index in [2.05, 4.69) is 18.4 Å². The summed E-state index contributed by atoms with van der Waals surface area (Å²) in [5.41, 5.74) is 0. The number of hydrogen-bond donors (Lipinski definition) is 0. The van der Waals surface area contributed by atoms with E-state index in [9.17, 15) is 0 Å². The highest BCUT2D eigenvalue weighted by atomic mass is 16.5. The normalized spacial score (nSPS) is 15.7. The van der Waals surface area contributed by atoms with Crippen LogP contribution in [0.25, 0.3) is 0 Å². The predicted octanol–water partition coefficient (Wildman–Crippen LogP) is 4.65. The highest BCUT2D eigenvalue weighted by Gasteiger charge is 2.08. The van der Waals surface area contributed by atoms with Gasteiger partial charge < -0.3 is 4.74 Å². The van der Waals surface area contributed by atoms with Gasteiger partial charge in [0.1, 0.15) is 0 Å². The average Bonchev–Trinajstić information content (AvgIpc) is 2.44. The molecule has 1 saturated heterocycles. The Morgan fingerprint density at radius 1 is 0.947 bits per heavy atom. The van der Waals surface area contributed by atoms with Gasteiger partial charge in [0.25, 0.3) is 0 Å². The highest BCUT2D eigenvalue weighted by molar-refractivity contribution is 4.61. The zero-order valence-corrected chi connectivity index (χ0v) is 13.3. The van der Waals surface area contributed by atoms with Crippen molar-refractivity contribution in [3.05, 3.63) is 12.7 Å². The lowest BCUT2D eigenvalue weighted by Gasteiger charge is -2.26. The molecule has 0 N–H and O–H groups in total. The van der Waals surface area contributed by atoms with Crippen LogP contribution in [0.2, 0.25) is 0 Å². The summed E-state index contributed by atoms with van der Waals surface area (Å²) < 4.78 is 5.34. The molecule has 1 aliphatic rings. The lowest BCUT2D eigenvalue weighted by Crippen LogP contribution is -2.36. The van der Waals surface area contributed by atoms with Crippen LogP contribution in [0.5, 0.6) is 0 Å². The summed E-state index contributed by atoms with van der Waals surface area (Å²) in [5, 5.41) is 0. The third kappa shape index (κ3) is 13.9. The van der Waals surface area contributed by atoms with Gasteiger partial charge in [0, 0.05) is 13.1 Å². The van der Waals surface area contributed by atoms with Crippen molar-refractivity contribution in [3.8, 4) is 0 Å². The molecule has 0 aromatic heterocycles. The van der Waals surface area contributed by atoms with Gasteiger partial charge in [-0.1, -0.05) is 57.9 Å². The fraction of sp³-hybridized carbons (Fsp3) is 0.882. The standard InChI is InChI=1S/C14H29NO.C3H6/c1-2-3-4-5-6-7-8-9-10-15-11-13-16-14-12-15;1-3-2/h2-14H2,1H3;3H,1H2,2H3. The Hall–Kier alpha value is -0.340. The van der Waals surface area contributed by atoms with E-state index in [-0.39, 0.29) is 0 Å². The first-order chi connectivity index (χ1) is 9.35. The molecule has 114 valence electrons. The van der Waals surface area contributed by atoms with Crippen LogP contribution in [-0.2, 0) is 4.74 Å². The molecule has 0 aromatic carbocycles. The number of morpholine rings is 1. The highest BCUT2D eigenvalue weighted by Crippen LogP contribution is 2.09. The van der Waals surface area contributed by atoms with Crippen LogP contribution in [0.1, 0.15) is 65.2 Å². The first-order valence-corrected chi connectivity index (χ1v) is 8.22. The molecule has 0 radical (unpaired) electrons. The second-order valence-corrected chi connectivity index (χ2v) is 5.34. The Morgan fingerprint density at radius 2 is 1.42 bits per heavy atom. The lowest BCUT2D eigenvalue weighted by atomic mass is 10.1. The van der Waals surface area contributed by atoms with E-state index >= 15 is 0 Å². The predicted molar refractivity (Wildman–Crippen MR) is 85.7 cm³/mol. The molecule has 0 spiro atoms. The second-order valence-electron chi connectivity index (χ2n) is 5.34. The van der Waals surface area contributed by atoms with E-state index in [0.717, 1.165) is 26.3 Å². The minimum absolute atomic E-state index is 0.941. The Morgan fingerprint density at radius 3 is 1.95 bits per heavy atom. The van der Waals surface area contributed by atoms with Crippen LogP contribution in [0, 0.1) is 0 Å². The SMILES string of the molecule is C=CC.CCCCCCCCCCN1CCOCC1. The number of unbranched alkanes of at least 4 members (excludes halogenated alkanes) is 7. The molecule has 0 unspecified atom stereocenters. The number of nitrogens with zero attached hydrogens (tertiary/aromatic N) is 1. The Kier molecular flexibility index (Phi) is 15.4. The fourth-order valence-electron chi connectivity index (χ4n) is 2.29. The number of rotatable bonds is 9. The molecular formula is C17H35NO. The van der Waals surface area contributed by atoms with Gasteiger partial charge in [0.05, 0.1) is 13.2 Å². The third-order valence-electron chi connectivity index (χ3n) is 3.43. The summed E-state index contributed by atoms with van der Waals surface area (Å²) in [5.74, 6) is 0. The Balaban J connectivity index is 0.000000982. The molecule has 0 atom stereocenters. The van der Waals surface area contributed by atoms with E-state index in [1.165, 1.54) is 57.9 Å². The molecule has 2 heteroatoms. The molecule has 1 rings (SSSR count). The maximum Gasteiger partial charge on any atom is 0.0594 e. The quantitative estimate of drug-likeness (QED) is 0.446. The minimum atomic E-state index is 0.941. The molecule has 1 fully saturated rings. The summed E-state index contributed by atoms with van der Waals surface area (Å²) in [6.07, 6.45) is 13.1. The average molecular weight is 269 g/mol. The second kappa shape index (κ2) is 15.7. The fourth-order valence-corrected chi connectivity index (χ4v) is 2.29. The van der Waals surface area contributed by atoms with Gasteiger partial charge in [-0.15, -0.1) is 6.58 Å². The van der Waals surface area contributed by atoms with Crippen molar-refractivity contribution < 1.29 is 4.74 Å². The number of hydrogen-bond acceptors (Lipinski definition) is 2. The maximum atomic E-state index is 5.34. The summed E-state index contributed by atoms with van der Waals surface area (Å²) in [6.45, 7) is 13.0. The number of allylic oxidation sites excluding steroid dienone is 1. The van der Waals surface area contributed by atoms with E-state index < -0.39 is 0 Å². The summed E-state index contributed by atoms with van der Waals surface area (Å²) >= 11 is 0. The molecule has 0 bridgehead atoms. The molecular weight excluding hydrogens is 234 g/mol. The summed E-state index contributed by atoms with van der Waals surface area (Å²) in [4.78, 5) is 2.54. The molecule has 1 heterocycles. The molecule has 0 aliphatic carbocycles. The van der Waals surface area contributed by atoms with Gasteiger partial charge >= 0.3 is 0 Å². The Bertz CT molecular complexity index is 176. The van der Waals surface area contributed by atoms with Crippen molar-refractivity contribution in [2.75, 3.05) is 32.8 Å². The van der Waals surface area contributed by atoms with E-state index in [1.54, 1.807) is 6.08 Å². The van der Waals surface area contributed by atoms with Crippen molar-refractivity contribution in [2.24, 2.45) is 0 Å². The van der Waals surface area contributed by atoms with E-state index in [4.69, 9.17) is 4.74 Å². The van der Waals surface area contributed by atoms with Gasteiger partial charge in [-0.25, -0.2) is 0 Å². The minimum Gasteiger partial charge on any atom is -0.379 e. The van der Waals surface area contributed by atoms with E-state index in [0.29, 0.717) is 0 Å². The van der Waals surface area contributed by atoms with Gasteiger partial charge in [-0.05, 0) is 19.9 Å². The van der Waals surface area contributed by atoms with Gasteiger partial charge in [0.15, 0.2) is 0 Å². The molecule has 2 nitrogen and oxygen atoms in total. The van der Waals surface area contributed by atoms with Crippen molar-refractivity contribution >= 4 is 0 Å². The summed E-state index contributed by atoms with van der Waals surface area (Å²) in [6, 6.07) is 0. The van der Waals surface area contributed by atoms with Crippen LogP contribution >= 0.6 is 0 Å². The number of ether oxygens (including phenoxy) is 1. The third-order valence-corrected chi connectivity index (χ3v) is 3.43. The molecule has 0 aromatic rings. The molecule has 19 heavy (non-hydrogen) atoms. The van der Waals surface area contributed by atoms with Gasteiger partial charge in [0.2, 0.25) is 0 Å². The first kappa shape index (κ1) is 18.7. The monoisotopic (exact) mass is 269 g/mol. The van der Waals surface area contributed by atoms with Gasteiger partial charge in [-0.2, -0.15) is 0 Å². The van der Waals surface area contributed by atoms with Crippen LogP contribution in [0.3, 0.4) is 0 Å². The van der Waals surface area contributed by atoms with E-state index in [1.807, 2.05) is 6.92 Å².